The minimum atomic E-state index is -0.515. The van der Waals surface area contributed by atoms with Crippen molar-refractivity contribution in [2.75, 3.05) is 6.54 Å². The van der Waals surface area contributed by atoms with Crippen LogP contribution in [0.3, 0.4) is 0 Å². The van der Waals surface area contributed by atoms with Crippen molar-refractivity contribution in [1.82, 2.24) is 10.6 Å². The lowest BCUT2D eigenvalue weighted by atomic mass is 10.1. The van der Waals surface area contributed by atoms with Crippen molar-refractivity contribution in [3.05, 3.63) is 22.4 Å². The topological polar surface area (TPSA) is 67.4 Å². The van der Waals surface area contributed by atoms with E-state index in [1.807, 2.05) is 31.5 Å². The summed E-state index contributed by atoms with van der Waals surface area (Å²) in [5, 5.41) is 9.43. The molecule has 1 aromatic rings. The Bertz CT molecular complexity index is 490. The van der Waals surface area contributed by atoms with Gasteiger partial charge < -0.3 is 15.4 Å². The van der Waals surface area contributed by atoms with Crippen molar-refractivity contribution in [2.45, 2.75) is 45.3 Å². The van der Waals surface area contributed by atoms with Crippen molar-refractivity contribution in [1.29, 1.82) is 0 Å². The molecule has 1 atom stereocenters. The second kappa shape index (κ2) is 6.47. The van der Waals surface area contributed by atoms with Crippen molar-refractivity contribution >= 4 is 23.3 Å². The molecule has 21 heavy (non-hydrogen) atoms. The third kappa shape index (κ3) is 5.38. The molecule has 2 rings (SSSR count). The highest BCUT2D eigenvalue weighted by atomic mass is 32.1. The summed E-state index contributed by atoms with van der Waals surface area (Å²) >= 11 is 1.49. The average Bonchev–Trinajstić information content (AvgIpc) is 3.06. The summed E-state index contributed by atoms with van der Waals surface area (Å²) in [7, 11) is 0. The van der Waals surface area contributed by atoms with Gasteiger partial charge in [0.1, 0.15) is 5.60 Å². The summed E-state index contributed by atoms with van der Waals surface area (Å²) in [6, 6.07) is 1.76. The fourth-order valence-corrected chi connectivity index (χ4v) is 2.62. The summed E-state index contributed by atoms with van der Waals surface area (Å²) in [5.74, 6) is 0.363. The molecule has 6 heteroatoms. The van der Waals surface area contributed by atoms with Crippen LogP contribution in [0.1, 0.15) is 44.0 Å². The predicted octanol–water partition coefficient (Wildman–Crippen LogP) is 2.78. The number of alkyl carbamates (subject to hydrolysis) is 1. The largest absolute Gasteiger partial charge is 0.444 e. The van der Waals surface area contributed by atoms with Gasteiger partial charge in [0.05, 0.1) is 0 Å². The van der Waals surface area contributed by atoms with E-state index in [2.05, 4.69) is 10.6 Å². The molecule has 2 amide bonds. The van der Waals surface area contributed by atoms with Gasteiger partial charge in [-0.3, -0.25) is 4.79 Å². The van der Waals surface area contributed by atoms with Crippen LogP contribution in [0.15, 0.2) is 16.8 Å². The molecule has 116 valence electrons. The number of ether oxygens (including phenoxy) is 1. The fraction of sp³-hybridized carbons (Fsp3) is 0.600. The molecule has 0 radical (unpaired) electrons. The van der Waals surface area contributed by atoms with Crippen LogP contribution in [0.4, 0.5) is 4.79 Å². The van der Waals surface area contributed by atoms with Crippen LogP contribution in [-0.2, 0) is 4.74 Å². The first-order valence-electron chi connectivity index (χ1n) is 7.15. The van der Waals surface area contributed by atoms with E-state index in [-0.39, 0.29) is 11.9 Å². The smallest absolute Gasteiger partial charge is 0.407 e. The lowest BCUT2D eigenvalue weighted by Gasteiger charge is -2.22. The molecule has 0 saturated heterocycles. The first kappa shape index (κ1) is 15.8. The molecule has 1 unspecified atom stereocenters. The van der Waals surface area contributed by atoms with Gasteiger partial charge in [-0.2, -0.15) is 11.3 Å². The molecule has 0 aromatic carbocycles. The van der Waals surface area contributed by atoms with E-state index >= 15 is 0 Å². The normalized spacial score (nSPS) is 16.1. The molecule has 1 aromatic heterocycles. The molecule has 0 bridgehead atoms. The van der Waals surface area contributed by atoms with Crippen LogP contribution in [0.25, 0.3) is 0 Å². The van der Waals surface area contributed by atoms with Crippen LogP contribution >= 0.6 is 11.3 Å². The second-order valence-electron chi connectivity index (χ2n) is 6.31. The summed E-state index contributed by atoms with van der Waals surface area (Å²) in [4.78, 5) is 23.7. The molecule has 1 aliphatic rings. The Morgan fingerprint density at radius 1 is 1.43 bits per heavy atom. The quantitative estimate of drug-likeness (QED) is 0.879. The lowest BCUT2D eigenvalue weighted by Crippen LogP contribution is -2.46. The predicted molar refractivity (Wildman–Crippen MR) is 82.5 cm³/mol. The van der Waals surface area contributed by atoms with Gasteiger partial charge in [0.2, 0.25) is 0 Å². The Labute approximate surface area is 129 Å². The Balaban J connectivity index is 1.83. The number of rotatable bonds is 5. The molecule has 1 fully saturated rings. The Morgan fingerprint density at radius 3 is 2.67 bits per heavy atom. The van der Waals surface area contributed by atoms with E-state index in [9.17, 15) is 9.59 Å². The maximum atomic E-state index is 12.1. The van der Waals surface area contributed by atoms with Crippen LogP contribution in [-0.4, -0.2) is 30.2 Å². The van der Waals surface area contributed by atoms with Gasteiger partial charge in [0.25, 0.3) is 5.91 Å². The molecular weight excluding hydrogens is 288 g/mol. The second-order valence-corrected chi connectivity index (χ2v) is 7.09. The maximum absolute atomic E-state index is 12.1. The Kier molecular flexibility index (Phi) is 4.88. The van der Waals surface area contributed by atoms with Crippen LogP contribution < -0.4 is 10.6 Å². The van der Waals surface area contributed by atoms with Gasteiger partial charge in [0.15, 0.2) is 0 Å². The minimum absolute atomic E-state index is 0.0371. The van der Waals surface area contributed by atoms with Gasteiger partial charge in [-0.25, -0.2) is 4.79 Å². The number of hydrogen-bond donors (Lipinski definition) is 2. The zero-order chi connectivity index (χ0) is 15.5. The Hall–Kier alpha value is -1.56. The number of carbonyl (C=O) groups excluding carboxylic acids is 2. The number of hydrogen-bond acceptors (Lipinski definition) is 4. The van der Waals surface area contributed by atoms with E-state index < -0.39 is 11.7 Å². The van der Waals surface area contributed by atoms with Gasteiger partial charge in [-0.1, -0.05) is 0 Å². The standard InChI is InChI=1S/C15H22N2O3S/c1-15(2,3)20-14(19)16-8-12(10-4-5-10)17-13(18)11-6-7-21-9-11/h6-7,9-10,12H,4-5,8H2,1-3H3,(H,16,19)(H,17,18). The SMILES string of the molecule is CC(C)(C)OC(=O)NCC(NC(=O)c1ccsc1)C1CC1. The van der Waals surface area contributed by atoms with E-state index in [4.69, 9.17) is 4.74 Å². The van der Waals surface area contributed by atoms with Crippen molar-refractivity contribution in [2.24, 2.45) is 5.92 Å². The van der Waals surface area contributed by atoms with E-state index in [0.29, 0.717) is 18.0 Å². The van der Waals surface area contributed by atoms with E-state index in [1.165, 1.54) is 11.3 Å². The number of nitrogens with one attached hydrogen (secondary N) is 2. The molecule has 5 nitrogen and oxygen atoms in total. The van der Waals surface area contributed by atoms with Crippen LogP contribution in [0, 0.1) is 5.92 Å². The van der Waals surface area contributed by atoms with Crippen molar-refractivity contribution in [3.63, 3.8) is 0 Å². The minimum Gasteiger partial charge on any atom is -0.444 e. The van der Waals surface area contributed by atoms with Gasteiger partial charge in [-0.15, -0.1) is 0 Å². The van der Waals surface area contributed by atoms with E-state index in [0.717, 1.165) is 12.8 Å². The molecular formula is C15H22N2O3S. The highest BCUT2D eigenvalue weighted by Gasteiger charge is 2.33. The average molecular weight is 310 g/mol. The van der Waals surface area contributed by atoms with Crippen molar-refractivity contribution < 1.29 is 14.3 Å². The zero-order valence-corrected chi connectivity index (χ0v) is 13.5. The summed E-state index contributed by atoms with van der Waals surface area (Å²) in [6.45, 7) is 5.87. The molecule has 0 aliphatic heterocycles. The molecule has 2 N–H and O–H groups in total. The molecule has 1 heterocycles. The third-order valence-corrected chi connectivity index (χ3v) is 3.84. The zero-order valence-electron chi connectivity index (χ0n) is 12.6. The highest BCUT2D eigenvalue weighted by Crippen LogP contribution is 2.32. The van der Waals surface area contributed by atoms with Crippen LogP contribution in [0.2, 0.25) is 0 Å². The molecule has 1 saturated carbocycles. The summed E-state index contributed by atoms with van der Waals surface area (Å²) < 4.78 is 5.20. The lowest BCUT2D eigenvalue weighted by molar-refractivity contribution is 0.0518. The van der Waals surface area contributed by atoms with Crippen molar-refractivity contribution in [3.8, 4) is 0 Å². The van der Waals surface area contributed by atoms with Gasteiger partial charge >= 0.3 is 6.09 Å². The number of amides is 2. The fourth-order valence-electron chi connectivity index (χ4n) is 1.99. The van der Waals surface area contributed by atoms with E-state index in [1.54, 1.807) is 6.07 Å². The maximum Gasteiger partial charge on any atom is 0.407 e. The third-order valence-electron chi connectivity index (χ3n) is 3.16. The Morgan fingerprint density at radius 2 is 2.14 bits per heavy atom. The summed E-state index contributed by atoms with van der Waals surface area (Å²) in [5.41, 5.74) is 0.155. The first-order chi connectivity index (χ1) is 9.85. The van der Waals surface area contributed by atoms with Gasteiger partial charge in [-0.05, 0) is 51.0 Å². The highest BCUT2D eigenvalue weighted by molar-refractivity contribution is 7.08. The monoisotopic (exact) mass is 310 g/mol. The number of thiophene rings is 1. The first-order valence-corrected chi connectivity index (χ1v) is 8.09. The van der Waals surface area contributed by atoms with Gasteiger partial charge in [0, 0.05) is 23.5 Å². The number of carbonyl (C=O) groups is 2. The molecule has 0 spiro atoms. The summed E-state index contributed by atoms with van der Waals surface area (Å²) in [6.07, 6.45) is 1.73. The molecule has 1 aliphatic carbocycles. The van der Waals surface area contributed by atoms with Crippen LogP contribution in [0.5, 0.6) is 0 Å².